The van der Waals surface area contributed by atoms with Crippen LogP contribution in [0.5, 0.6) is 11.5 Å². The molecule has 53 heavy (non-hydrogen) atoms. The number of likely N-dealkylation sites (tertiary alicyclic amines) is 1. The molecule has 2 fully saturated rings. The number of halogens is 1. The van der Waals surface area contributed by atoms with Crippen LogP contribution < -0.4 is 25.8 Å². The van der Waals surface area contributed by atoms with Crippen molar-refractivity contribution in [3.8, 4) is 11.5 Å². The van der Waals surface area contributed by atoms with Crippen LogP contribution in [0.2, 0.25) is 0 Å². The summed E-state index contributed by atoms with van der Waals surface area (Å²) >= 11 is 3.40. The van der Waals surface area contributed by atoms with Gasteiger partial charge in [-0.15, -0.1) is 0 Å². The second-order valence-electron chi connectivity index (χ2n) is 13.5. The fourth-order valence-corrected chi connectivity index (χ4v) is 7.63. The maximum Gasteiger partial charge on any atom is 0.282 e. The van der Waals surface area contributed by atoms with Gasteiger partial charge in [-0.3, -0.25) is 39.0 Å². The zero-order valence-corrected chi connectivity index (χ0v) is 30.8. The number of hydrogen-bond donors (Lipinski definition) is 2. The largest absolute Gasteiger partial charge is 0.456 e. The minimum atomic E-state index is -1.10. The highest BCUT2D eigenvalue weighted by Gasteiger charge is 2.46. The molecule has 2 N–H and O–H groups in total. The topological polar surface area (TPSA) is 163 Å². The fourth-order valence-electron chi connectivity index (χ4n) is 7.16. The first-order valence-corrected chi connectivity index (χ1v) is 17.9. The van der Waals surface area contributed by atoms with Crippen LogP contribution >= 0.6 is 15.9 Å². The zero-order valence-electron chi connectivity index (χ0n) is 29.2. The standard InChI is InChI=1S/C38H36BrN7O7/c1-43-19-23(16-24(20-43)41-28-18-40-45(3)38(52)33(28)39)21-10-12-22(13-11-21)35(49)44(2)25-6-4-7-26(17-25)53-30-9-5-8-27-32(30)37(51)46(36(27)50)29-14-15-31(47)42-34(29)48/h4-13,17-18,23-24,29,41H,14-16,19-20H2,1-3H3,(H,42,47,48). The molecule has 4 heterocycles. The Morgan fingerprint density at radius 3 is 2.49 bits per heavy atom. The van der Waals surface area contributed by atoms with E-state index in [4.69, 9.17) is 4.74 Å². The molecule has 4 aromatic rings. The lowest BCUT2D eigenvalue weighted by Crippen LogP contribution is -2.54. The van der Waals surface area contributed by atoms with E-state index in [-0.39, 0.29) is 53.1 Å². The Labute approximate surface area is 312 Å². The number of rotatable bonds is 8. The Balaban J connectivity index is 1.03. The first-order chi connectivity index (χ1) is 25.4. The van der Waals surface area contributed by atoms with E-state index in [9.17, 15) is 28.8 Å². The highest BCUT2D eigenvalue weighted by atomic mass is 79.9. The molecule has 3 aliphatic rings. The summed E-state index contributed by atoms with van der Waals surface area (Å²) in [6, 6.07) is 18.0. The summed E-state index contributed by atoms with van der Waals surface area (Å²) in [7, 11) is 5.32. The molecule has 0 radical (unpaired) electrons. The number of carbonyl (C=O) groups is 5. The second kappa shape index (κ2) is 14.4. The van der Waals surface area contributed by atoms with Gasteiger partial charge in [-0.25, -0.2) is 4.68 Å². The molecule has 3 aliphatic heterocycles. The summed E-state index contributed by atoms with van der Waals surface area (Å²) < 4.78 is 7.85. The number of anilines is 2. The van der Waals surface area contributed by atoms with Crippen LogP contribution in [0.4, 0.5) is 11.4 Å². The number of amides is 5. The number of hydrogen-bond acceptors (Lipinski definition) is 10. The number of aromatic nitrogens is 2. The van der Waals surface area contributed by atoms with Gasteiger partial charge in [0.2, 0.25) is 11.8 Å². The van der Waals surface area contributed by atoms with Crippen molar-refractivity contribution in [2.75, 3.05) is 37.4 Å². The number of benzene rings is 3. The van der Waals surface area contributed by atoms with Crippen molar-refractivity contribution in [2.24, 2.45) is 7.05 Å². The lowest BCUT2D eigenvalue weighted by atomic mass is 9.87. The van der Waals surface area contributed by atoms with Crippen molar-refractivity contribution in [1.82, 2.24) is 24.9 Å². The van der Waals surface area contributed by atoms with Gasteiger partial charge in [-0.2, -0.15) is 5.10 Å². The van der Waals surface area contributed by atoms with E-state index in [0.717, 1.165) is 30.0 Å². The van der Waals surface area contributed by atoms with Crippen molar-refractivity contribution >= 4 is 56.8 Å². The smallest absolute Gasteiger partial charge is 0.282 e. The molecule has 0 spiro atoms. The number of carbonyl (C=O) groups excluding carboxylic acids is 5. The molecule has 3 unspecified atom stereocenters. The van der Waals surface area contributed by atoms with Crippen LogP contribution in [-0.4, -0.2) is 88.4 Å². The van der Waals surface area contributed by atoms with Crippen molar-refractivity contribution in [1.29, 1.82) is 0 Å². The number of fused-ring (bicyclic) bond motifs is 1. The maximum absolute atomic E-state index is 13.6. The number of nitrogens with one attached hydrogen (secondary N) is 2. The highest BCUT2D eigenvalue weighted by Crippen LogP contribution is 2.37. The lowest BCUT2D eigenvalue weighted by molar-refractivity contribution is -0.136. The monoisotopic (exact) mass is 781 g/mol. The number of nitrogens with zero attached hydrogens (tertiary/aromatic N) is 5. The molecular formula is C38H36BrN7O7. The molecule has 2 saturated heterocycles. The second-order valence-corrected chi connectivity index (χ2v) is 14.3. The molecule has 1 aromatic heterocycles. The van der Waals surface area contributed by atoms with Crippen LogP contribution in [-0.2, 0) is 16.6 Å². The number of piperidine rings is 2. The molecule has 5 amide bonds. The minimum absolute atomic E-state index is 0.0173. The van der Waals surface area contributed by atoms with Crippen molar-refractivity contribution < 1.29 is 28.7 Å². The quantitative estimate of drug-likeness (QED) is 0.251. The third-order valence-electron chi connectivity index (χ3n) is 9.87. The van der Waals surface area contributed by atoms with E-state index in [1.165, 1.54) is 15.6 Å². The Kier molecular flexibility index (Phi) is 9.70. The van der Waals surface area contributed by atoms with Gasteiger partial charge in [-0.1, -0.05) is 24.3 Å². The van der Waals surface area contributed by atoms with E-state index in [2.05, 4.69) is 43.6 Å². The third-order valence-corrected chi connectivity index (χ3v) is 10.6. The summed E-state index contributed by atoms with van der Waals surface area (Å²) in [5, 5.41) is 9.80. The Hall–Kier alpha value is -5.67. The average molecular weight is 783 g/mol. The van der Waals surface area contributed by atoms with Crippen LogP contribution in [0.1, 0.15) is 61.8 Å². The molecule has 15 heteroatoms. The Morgan fingerprint density at radius 1 is 0.981 bits per heavy atom. The first-order valence-electron chi connectivity index (χ1n) is 17.1. The van der Waals surface area contributed by atoms with Crippen molar-refractivity contribution in [3.63, 3.8) is 0 Å². The molecular weight excluding hydrogens is 746 g/mol. The molecule has 3 atom stereocenters. The molecule has 0 aliphatic carbocycles. The van der Waals surface area contributed by atoms with Crippen LogP contribution in [0.3, 0.4) is 0 Å². The number of likely N-dealkylation sites (N-methyl/N-ethyl adjacent to an activating group) is 1. The van der Waals surface area contributed by atoms with Crippen LogP contribution in [0, 0.1) is 0 Å². The Morgan fingerprint density at radius 2 is 1.74 bits per heavy atom. The van der Waals surface area contributed by atoms with E-state index in [0.29, 0.717) is 27.2 Å². The van der Waals surface area contributed by atoms with Crippen LogP contribution in [0.25, 0.3) is 0 Å². The molecule has 0 bridgehead atoms. The number of aryl methyl sites for hydroxylation is 1. The molecule has 14 nitrogen and oxygen atoms in total. The maximum atomic E-state index is 13.6. The minimum Gasteiger partial charge on any atom is -0.456 e. The Bertz CT molecular complexity index is 2220. The first kappa shape index (κ1) is 35.7. The van der Waals surface area contributed by atoms with Gasteiger partial charge in [0.15, 0.2) is 0 Å². The van der Waals surface area contributed by atoms with Crippen molar-refractivity contribution in [3.05, 3.63) is 110 Å². The van der Waals surface area contributed by atoms with Gasteiger partial charge in [0.1, 0.15) is 22.0 Å². The predicted molar refractivity (Wildman–Crippen MR) is 198 cm³/mol. The summed E-state index contributed by atoms with van der Waals surface area (Å²) in [5.41, 5.74) is 2.69. The normalized spacial score (nSPS) is 20.2. The van der Waals surface area contributed by atoms with E-state index in [1.54, 1.807) is 56.7 Å². The molecule has 0 saturated carbocycles. The summed E-state index contributed by atoms with van der Waals surface area (Å²) in [5.74, 6) is -2.05. The molecule has 3 aromatic carbocycles. The lowest BCUT2D eigenvalue weighted by Gasteiger charge is -2.37. The predicted octanol–water partition coefficient (Wildman–Crippen LogP) is 3.91. The van der Waals surface area contributed by atoms with Gasteiger partial charge in [0.25, 0.3) is 23.3 Å². The number of imide groups is 2. The third kappa shape index (κ3) is 6.97. The summed E-state index contributed by atoms with van der Waals surface area (Å²) in [4.78, 5) is 81.6. The van der Waals surface area contributed by atoms with E-state index >= 15 is 0 Å². The highest BCUT2D eigenvalue weighted by molar-refractivity contribution is 9.10. The average Bonchev–Trinajstić information content (AvgIpc) is 3.40. The zero-order chi connectivity index (χ0) is 37.6. The molecule has 7 rings (SSSR count). The van der Waals surface area contributed by atoms with Gasteiger partial charge < -0.3 is 19.9 Å². The SMILES string of the molecule is CN1CC(Nc2cnn(C)c(=O)c2Br)CC(c2ccc(C(=O)N(C)c3cccc(Oc4cccc5c4C(=O)N(C4CCC(=O)NC4=O)C5=O)c3)cc2)C1. The number of ether oxygens (including phenoxy) is 1. The van der Waals surface area contributed by atoms with Gasteiger partial charge >= 0.3 is 0 Å². The van der Waals surface area contributed by atoms with Crippen LogP contribution in [0.15, 0.2) is 82.2 Å². The van der Waals surface area contributed by atoms with E-state index in [1.807, 2.05) is 24.3 Å². The summed E-state index contributed by atoms with van der Waals surface area (Å²) in [6.45, 7) is 1.64. The van der Waals surface area contributed by atoms with E-state index < -0.39 is 29.7 Å². The van der Waals surface area contributed by atoms with Gasteiger partial charge in [0, 0.05) is 57.0 Å². The molecule has 272 valence electrons. The fraction of sp³-hybridized carbons (Fsp3) is 0.289. The van der Waals surface area contributed by atoms with Gasteiger partial charge in [0.05, 0.1) is 23.0 Å². The summed E-state index contributed by atoms with van der Waals surface area (Å²) in [6.07, 6.45) is 2.53. The van der Waals surface area contributed by atoms with Gasteiger partial charge in [-0.05, 0) is 83.7 Å². The van der Waals surface area contributed by atoms with Crippen molar-refractivity contribution in [2.45, 2.75) is 37.3 Å².